The van der Waals surface area contributed by atoms with Crippen molar-refractivity contribution in [3.05, 3.63) is 23.7 Å². The standard InChI is InChI=1S/C11H12N2O3S/c1-16-6-8(11(14)15)13-10-7-3-5-17-9(7)2-4-12-10/h2-5,8H,6H2,1H3,(H,12,13)(H,14,15). The van der Waals surface area contributed by atoms with Gasteiger partial charge in [-0.25, -0.2) is 9.78 Å². The summed E-state index contributed by atoms with van der Waals surface area (Å²) in [5.74, 6) is -0.380. The van der Waals surface area contributed by atoms with Crippen LogP contribution in [0.4, 0.5) is 5.82 Å². The molecule has 0 aliphatic carbocycles. The van der Waals surface area contributed by atoms with Crippen molar-refractivity contribution in [2.45, 2.75) is 6.04 Å². The summed E-state index contributed by atoms with van der Waals surface area (Å²) >= 11 is 1.59. The Bertz CT molecular complexity index is 526. The van der Waals surface area contributed by atoms with Crippen LogP contribution in [0.5, 0.6) is 0 Å². The molecular formula is C11H12N2O3S. The number of pyridine rings is 1. The lowest BCUT2D eigenvalue weighted by atomic mass is 10.2. The van der Waals surface area contributed by atoms with Gasteiger partial charge < -0.3 is 15.2 Å². The number of anilines is 1. The number of methoxy groups -OCH3 is 1. The molecule has 6 heteroatoms. The topological polar surface area (TPSA) is 71.5 Å². The fourth-order valence-corrected chi connectivity index (χ4v) is 2.30. The highest BCUT2D eigenvalue weighted by molar-refractivity contribution is 7.17. The molecular weight excluding hydrogens is 240 g/mol. The first-order valence-electron chi connectivity index (χ1n) is 5.03. The van der Waals surface area contributed by atoms with Crippen LogP contribution in [0.3, 0.4) is 0 Å². The molecule has 0 spiro atoms. The van der Waals surface area contributed by atoms with E-state index in [1.807, 2.05) is 17.5 Å². The van der Waals surface area contributed by atoms with Crippen LogP contribution in [0.2, 0.25) is 0 Å². The second-order valence-electron chi connectivity index (χ2n) is 3.48. The van der Waals surface area contributed by atoms with Gasteiger partial charge in [0.1, 0.15) is 11.9 Å². The van der Waals surface area contributed by atoms with Gasteiger partial charge in [-0.15, -0.1) is 11.3 Å². The quantitative estimate of drug-likeness (QED) is 0.849. The number of hydrogen-bond donors (Lipinski definition) is 2. The first-order chi connectivity index (χ1) is 8.22. The summed E-state index contributed by atoms with van der Waals surface area (Å²) in [7, 11) is 1.47. The van der Waals surface area contributed by atoms with Crippen LogP contribution in [0.1, 0.15) is 0 Å². The van der Waals surface area contributed by atoms with E-state index in [0.29, 0.717) is 5.82 Å². The molecule has 0 aliphatic rings. The summed E-state index contributed by atoms with van der Waals surface area (Å²) in [5, 5.41) is 14.8. The number of nitrogens with one attached hydrogen (secondary N) is 1. The molecule has 0 saturated heterocycles. The summed E-state index contributed by atoms with van der Waals surface area (Å²) < 4.78 is 5.94. The van der Waals surface area contributed by atoms with Gasteiger partial charge in [0, 0.05) is 23.4 Å². The van der Waals surface area contributed by atoms with Gasteiger partial charge in [0.15, 0.2) is 0 Å². The Morgan fingerprint density at radius 2 is 2.47 bits per heavy atom. The van der Waals surface area contributed by atoms with Crippen molar-refractivity contribution < 1.29 is 14.6 Å². The Kier molecular flexibility index (Phi) is 3.55. The zero-order valence-corrected chi connectivity index (χ0v) is 10.0. The molecule has 5 nitrogen and oxygen atoms in total. The zero-order valence-electron chi connectivity index (χ0n) is 9.21. The van der Waals surface area contributed by atoms with Crippen molar-refractivity contribution in [3.8, 4) is 0 Å². The third-order valence-electron chi connectivity index (χ3n) is 2.32. The number of carbonyl (C=O) groups is 1. The van der Waals surface area contributed by atoms with E-state index in [4.69, 9.17) is 9.84 Å². The minimum Gasteiger partial charge on any atom is -0.480 e. The molecule has 0 aliphatic heterocycles. The lowest BCUT2D eigenvalue weighted by Crippen LogP contribution is -2.33. The minimum absolute atomic E-state index is 0.0948. The smallest absolute Gasteiger partial charge is 0.328 e. The van der Waals surface area contributed by atoms with Gasteiger partial charge >= 0.3 is 5.97 Å². The molecule has 2 N–H and O–H groups in total. The summed E-state index contributed by atoms with van der Waals surface area (Å²) in [5.41, 5.74) is 0. The van der Waals surface area contributed by atoms with Gasteiger partial charge in [0.2, 0.25) is 0 Å². The largest absolute Gasteiger partial charge is 0.480 e. The van der Waals surface area contributed by atoms with Crippen molar-refractivity contribution >= 4 is 33.2 Å². The van der Waals surface area contributed by atoms with Crippen LogP contribution < -0.4 is 5.32 Å². The van der Waals surface area contributed by atoms with Gasteiger partial charge in [0.05, 0.1) is 6.61 Å². The number of thiophene rings is 1. The number of aliphatic carboxylic acids is 1. The Morgan fingerprint density at radius 3 is 3.18 bits per heavy atom. The number of carboxylic acids is 1. The number of ether oxygens (including phenoxy) is 1. The maximum Gasteiger partial charge on any atom is 0.328 e. The Morgan fingerprint density at radius 1 is 1.65 bits per heavy atom. The number of rotatable bonds is 5. The summed E-state index contributed by atoms with van der Waals surface area (Å²) in [4.78, 5) is 15.2. The average molecular weight is 252 g/mol. The van der Waals surface area contributed by atoms with Crippen LogP contribution in [0.15, 0.2) is 23.7 Å². The molecule has 0 aromatic carbocycles. The number of hydrogen-bond acceptors (Lipinski definition) is 5. The molecule has 0 radical (unpaired) electrons. The van der Waals surface area contributed by atoms with Gasteiger partial charge in [0.25, 0.3) is 0 Å². The maximum atomic E-state index is 11.0. The van der Waals surface area contributed by atoms with Crippen molar-refractivity contribution in [2.24, 2.45) is 0 Å². The fraction of sp³-hybridized carbons (Fsp3) is 0.273. The van der Waals surface area contributed by atoms with E-state index >= 15 is 0 Å². The molecule has 17 heavy (non-hydrogen) atoms. The number of nitrogens with zero attached hydrogens (tertiary/aromatic N) is 1. The van der Waals surface area contributed by atoms with E-state index in [1.165, 1.54) is 7.11 Å². The van der Waals surface area contributed by atoms with E-state index in [9.17, 15) is 4.79 Å². The van der Waals surface area contributed by atoms with Crippen LogP contribution in [0, 0.1) is 0 Å². The van der Waals surface area contributed by atoms with Crippen molar-refractivity contribution in [3.63, 3.8) is 0 Å². The predicted molar refractivity (Wildman–Crippen MR) is 66.5 cm³/mol. The van der Waals surface area contributed by atoms with E-state index in [0.717, 1.165) is 10.1 Å². The van der Waals surface area contributed by atoms with Gasteiger partial charge in [-0.3, -0.25) is 0 Å². The van der Waals surface area contributed by atoms with Crippen LogP contribution >= 0.6 is 11.3 Å². The number of aromatic nitrogens is 1. The van der Waals surface area contributed by atoms with Gasteiger partial charge in [-0.1, -0.05) is 0 Å². The van der Waals surface area contributed by atoms with Crippen LogP contribution in [0.25, 0.3) is 10.1 Å². The average Bonchev–Trinajstić information content (AvgIpc) is 2.77. The molecule has 90 valence electrons. The molecule has 2 heterocycles. The molecule has 0 amide bonds. The van der Waals surface area contributed by atoms with Crippen molar-refractivity contribution in [2.75, 3.05) is 19.0 Å². The van der Waals surface area contributed by atoms with Crippen LogP contribution in [-0.2, 0) is 9.53 Å². The van der Waals surface area contributed by atoms with E-state index in [-0.39, 0.29) is 6.61 Å². The first kappa shape index (κ1) is 11.8. The van der Waals surface area contributed by atoms with Gasteiger partial charge in [-0.05, 0) is 17.5 Å². The fourth-order valence-electron chi connectivity index (χ4n) is 1.52. The lowest BCUT2D eigenvalue weighted by molar-refractivity contribution is -0.139. The maximum absolute atomic E-state index is 11.0. The highest BCUT2D eigenvalue weighted by atomic mass is 32.1. The van der Waals surface area contributed by atoms with Gasteiger partial charge in [-0.2, -0.15) is 0 Å². The normalized spacial score (nSPS) is 12.5. The second kappa shape index (κ2) is 5.11. The molecule has 0 saturated carbocycles. The lowest BCUT2D eigenvalue weighted by Gasteiger charge is -2.14. The monoisotopic (exact) mass is 252 g/mol. The molecule has 1 atom stereocenters. The summed E-state index contributed by atoms with van der Waals surface area (Å²) in [6.07, 6.45) is 1.66. The second-order valence-corrected chi connectivity index (χ2v) is 4.43. The third-order valence-corrected chi connectivity index (χ3v) is 3.20. The van der Waals surface area contributed by atoms with E-state index in [1.54, 1.807) is 17.5 Å². The molecule has 0 bridgehead atoms. The van der Waals surface area contributed by atoms with E-state index in [2.05, 4.69) is 10.3 Å². The highest BCUT2D eigenvalue weighted by Gasteiger charge is 2.18. The predicted octanol–water partition coefficient (Wildman–Crippen LogP) is 1.81. The highest BCUT2D eigenvalue weighted by Crippen LogP contribution is 2.26. The Balaban J connectivity index is 2.27. The summed E-state index contributed by atoms with van der Waals surface area (Å²) in [6, 6.07) is 3.02. The Labute approximate surface area is 102 Å². The van der Waals surface area contributed by atoms with Crippen molar-refractivity contribution in [1.82, 2.24) is 4.98 Å². The molecule has 2 aromatic rings. The SMILES string of the molecule is COCC(Nc1nccc2sccc12)C(=O)O. The van der Waals surface area contributed by atoms with Crippen LogP contribution in [-0.4, -0.2) is 35.8 Å². The third kappa shape index (κ3) is 2.54. The molecule has 0 fully saturated rings. The zero-order chi connectivity index (χ0) is 12.3. The summed E-state index contributed by atoms with van der Waals surface area (Å²) in [6.45, 7) is 0.0948. The number of fused-ring (bicyclic) bond motifs is 1. The van der Waals surface area contributed by atoms with Crippen molar-refractivity contribution in [1.29, 1.82) is 0 Å². The molecule has 2 rings (SSSR count). The first-order valence-corrected chi connectivity index (χ1v) is 5.91. The Hall–Kier alpha value is -1.66. The minimum atomic E-state index is -0.958. The molecule has 1 unspecified atom stereocenters. The van der Waals surface area contributed by atoms with E-state index < -0.39 is 12.0 Å². The number of carboxylic acid groups (broad SMARTS) is 1. The molecule has 2 aromatic heterocycles.